The van der Waals surface area contributed by atoms with Gasteiger partial charge >= 0.3 is 0 Å². The second kappa shape index (κ2) is 8.07. The summed E-state index contributed by atoms with van der Waals surface area (Å²) in [7, 11) is 1.77. The fourth-order valence-corrected chi connectivity index (χ4v) is 4.79. The van der Waals surface area contributed by atoms with Crippen molar-refractivity contribution in [2.24, 2.45) is 0 Å². The molecule has 0 radical (unpaired) electrons. The molecule has 3 nitrogen and oxygen atoms in total. The number of pyridine rings is 1. The maximum Gasteiger partial charge on any atom is 0.122 e. The first kappa shape index (κ1) is 19.6. The lowest BCUT2D eigenvalue weighted by molar-refractivity contribution is 0.410. The van der Waals surface area contributed by atoms with Gasteiger partial charge in [0.25, 0.3) is 0 Å². The highest BCUT2D eigenvalue weighted by Crippen LogP contribution is 2.43. The van der Waals surface area contributed by atoms with Crippen LogP contribution in [0.3, 0.4) is 0 Å². The van der Waals surface area contributed by atoms with Crippen LogP contribution in [0.4, 0.5) is 0 Å². The van der Waals surface area contributed by atoms with Crippen LogP contribution in [-0.2, 0) is 25.8 Å². The lowest BCUT2D eigenvalue weighted by Crippen LogP contribution is -2.09. The molecule has 2 aromatic heterocycles. The molecule has 0 atom stereocenters. The zero-order valence-electron chi connectivity index (χ0n) is 18.5. The number of fused-ring (bicyclic) bond motifs is 3. The largest absolute Gasteiger partial charge is 0.496 e. The van der Waals surface area contributed by atoms with Gasteiger partial charge in [-0.15, -0.1) is 0 Å². The number of aryl methyl sites for hydroxylation is 3. The van der Waals surface area contributed by atoms with E-state index in [1.165, 1.54) is 50.2 Å². The molecule has 0 aliphatic heterocycles. The Morgan fingerprint density at radius 1 is 1.03 bits per heavy atom. The van der Waals surface area contributed by atoms with Gasteiger partial charge < -0.3 is 9.30 Å². The maximum atomic E-state index is 5.76. The second-order valence-electron chi connectivity index (χ2n) is 8.40. The summed E-state index contributed by atoms with van der Waals surface area (Å²) in [5, 5.41) is 0. The van der Waals surface area contributed by atoms with E-state index in [-0.39, 0.29) is 0 Å². The Morgan fingerprint density at radius 2 is 1.87 bits per heavy atom. The average Bonchev–Trinajstić information content (AvgIpc) is 3.17. The number of aromatic nitrogens is 2. The molecule has 0 unspecified atom stereocenters. The summed E-state index contributed by atoms with van der Waals surface area (Å²) < 4.78 is 8.17. The normalized spacial score (nSPS) is 12.4. The molecule has 0 fully saturated rings. The molecule has 3 heteroatoms. The van der Waals surface area contributed by atoms with Gasteiger partial charge in [-0.05, 0) is 66.1 Å². The van der Waals surface area contributed by atoms with Crippen molar-refractivity contribution in [3.8, 4) is 28.1 Å². The standard InChI is InChI=1S/C28H28N2O/c1-4-21-14-23-11-12-24-26(22-9-7-19(2)8-10-22)18-30(17-20-6-5-13-29-16-20)28(24)25(23)15-27(21)31-3/h5-10,13-16,18H,4,11-12,17H2,1-3H3. The first-order valence-corrected chi connectivity index (χ1v) is 11.1. The van der Waals surface area contributed by atoms with E-state index in [9.17, 15) is 0 Å². The van der Waals surface area contributed by atoms with Crippen LogP contribution in [0.1, 0.15) is 34.7 Å². The zero-order chi connectivity index (χ0) is 21.4. The number of ether oxygens (including phenoxy) is 1. The van der Waals surface area contributed by atoms with E-state index >= 15 is 0 Å². The molecule has 0 saturated carbocycles. The van der Waals surface area contributed by atoms with E-state index in [1.807, 2.05) is 18.5 Å². The van der Waals surface area contributed by atoms with Crippen LogP contribution >= 0.6 is 0 Å². The summed E-state index contributed by atoms with van der Waals surface area (Å²) >= 11 is 0. The third-order valence-electron chi connectivity index (χ3n) is 6.41. The van der Waals surface area contributed by atoms with Crippen molar-refractivity contribution >= 4 is 0 Å². The Labute approximate surface area is 184 Å². The molecule has 0 bridgehead atoms. The number of rotatable bonds is 5. The second-order valence-corrected chi connectivity index (χ2v) is 8.40. The van der Waals surface area contributed by atoms with Gasteiger partial charge in [-0.2, -0.15) is 0 Å². The highest BCUT2D eigenvalue weighted by molar-refractivity contribution is 5.82. The van der Waals surface area contributed by atoms with Crippen LogP contribution in [0.5, 0.6) is 5.75 Å². The van der Waals surface area contributed by atoms with Gasteiger partial charge in [-0.1, -0.05) is 48.9 Å². The molecular formula is C28H28N2O. The summed E-state index contributed by atoms with van der Waals surface area (Å²) in [6.45, 7) is 5.14. The number of benzene rings is 2. The minimum Gasteiger partial charge on any atom is -0.496 e. The van der Waals surface area contributed by atoms with Crippen LogP contribution in [-0.4, -0.2) is 16.7 Å². The van der Waals surface area contributed by atoms with Gasteiger partial charge in [0, 0.05) is 36.3 Å². The Kier molecular flexibility index (Phi) is 5.11. The average molecular weight is 409 g/mol. The Bertz CT molecular complexity index is 1220. The molecule has 0 N–H and O–H groups in total. The van der Waals surface area contributed by atoms with Gasteiger partial charge in [-0.3, -0.25) is 4.98 Å². The SMILES string of the molecule is CCc1cc2c(cc1OC)-c1c(c(-c3ccc(C)cc3)cn1Cc1cccnc1)CC2. The molecule has 2 aromatic carbocycles. The van der Waals surface area contributed by atoms with E-state index in [4.69, 9.17) is 4.74 Å². The highest BCUT2D eigenvalue weighted by atomic mass is 16.5. The molecule has 0 spiro atoms. The van der Waals surface area contributed by atoms with Crippen LogP contribution in [0, 0.1) is 6.92 Å². The molecule has 4 aromatic rings. The van der Waals surface area contributed by atoms with Crippen molar-refractivity contribution in [1.29, 1.82) is 0 Å². The minimum absolute atomic E-state index is 0.805. The Morgan fingerprint density at radius 3 is 2.58 bits per heavy atom. The Hall–Kier alpha value is -3.33. The summed E-state index contributed by atoms with van der Waals surface area (Å²) in [5.74, 6) is 0.986. The lowest BCUT2D eigenvalue weighted by atomic mass is 9.85. The molecule has 0 amide bonds. The van der Waals surface area contributed by atoms with E-state index in [2.05, 4.69) is 72.1 Å². The van der Waals surface area contributed by atoms with Gasteiger partial charge in [0.1, 0.15) is 5.75 Å². The Balaban J connectivity index is 1.71. The number of hydrogen-bond donors (Lipinski definition) is 0. The summed E-state index contributed by atoms with van der Waals surface area (Å²) in [6, 6.07) is 17.7. The minimum atomic E-state index is 0.805. The van der Waals surface area contributed by atoms with E-state index in [0.29, 0.717) is 0 Å². The van der Waals surface area contributed by atoms with Crippen LogP contribution in [0.2, 0.25) is 0 Å². The van der Waals surface area contributed by atoms with Gasteiger partial charge in [0.2, 0.25) is 0 Å². The smallest absolute Gasteiger partial charge is 0.122 e. The summed E-state index contributed by atoms with van der Waals surface area (Å²) in [5.41, 5.74) is 11.9. The lowest BCUT2D eigenvalue weighted by Gasteiger charge is -2.23. The van der Waals surface area contributed by atoms with Crippen LogP contribution in [0.25, 0.3) is 22.4 Å². The predicted molar refractivity (Wildman–Crippen MR) is 127 cm³/mol. The van der Waals surface area contributed by atoms with Gasteiger partial charge in [0.15, 0.2) is 0 Å². The van der Waals surface area contributed by atoms with Gasteiger partial charge in [-0.25, -0.2) is 0 Å². The number of nitrogens with zero attached hydrogens (tertiary/aromatic N) is 2. The molecule has 1 aliphatic rings. The predicted octanol–water partition coefficient (Wildman–Crippen LogP) is 6.24. The zero-order valence-corrected chi connectivity index (χ0v) is 18.5. The van der Waals surface area contributed by atoms with Crippen molar-refractivity contribution < 1.29 is 4.74 Å². The van der Waals surface area contributed by atoms with Crippen molar-refractivity contribution in [2.75, 3.05) is 7.11 Å². The van der Waals surface area contributed by atoms with E-state index in [1.54, 1.807) is 7.11 Å². The first-order valence-electron chi connectivity index (χ1n) is 11.1. The molecule has 156 valence electrons. The molecule has 1 aliphatic carbocycles. The van der Waals surface area contributed by atoms with Crippen LogP contribution in [0.15, 0.2) is 67.1 Å². The fourth-order valence-electron chi connectivity index (χ4n) is 4.79. The van der Waals surface area contributed by atoms with Crippen molar-refractivity contribution in [2.45, 2.75) is 39.7 Å². The monoisotopic (exact) mass is 408 g/mol. The molecule has 2 heterocycles. The van der Waals surface area contributed by atoms with Crippen LogP contribution < -0.4 is 4.74 Å². The van der Waals surface area contributed by atoms with Crippen molar-refractivity contribution in [1.82, 2.24) is 9.55 Å². The van der Waals surface area contributed by atoms with E-state index in [0.717, 1.165) is 31.6 Å². The van der Waals surface area contributed by atoms with Gasteiger partial charge in [0.05, 0.1) is 12.8 Å². The number of methoxy groups -OCH3 is 1. The third kappa shape index (κ3) is 3.54. The quantitative estimate of drug-likeness (QED) is 0.391. The molecule has 0 saturated heterocycles. The maximum absolute atomic E-state index is 5.76. The van der Waals surface area contributed by atoms with Crippen molar-refractivity contribution in [3.63, 3.8) is 0 Å². The fraction of sp³-hybridized carbons (Fsp3) is 0.250. The number of hydrogen-bond acceptors (Lipinski definition) is 2. The summed E-state index contributed by atoms with van der Waals surface area (Å²) in [6.07, 6.45) is 9.23. The molecular weight excluding hydrogens is 380 g/mol. The molecule has 5 rings (SSSR count). The summed E-state index contributed by atoms with van der Waals surface area (Å²) in [4.78, 5) is 4.33. The third-order valence-corrected chi connectivity index (χ3v) is 6.41. The first-order chi connectivity index (χ1) is 15.2. The van der Waals surface area contributed by atoms with Crippen molar-refractivity contribution in [3.05, 3.63) is 94.9 Å². The topological polar surface area (TPSA) is 27.1 Å². The van der Waals surface area contributed by atoms with E-state index < -0.39 is 0 Å². The molecule has 31 heavy (non-hydrogen) atoms. The highest BCUT2D eigenvalue weighted by Gasteiger charge is 2.26.